The molecule has 0 unspecified atom stereocenters. The van der Waals surface area contributed by atoms with Gasteiger partial charge in [-0.25, -0.2) is 4.79 Å². The predicted octanol–water partition coefficient (Wildman–Crippen LogP) is 1.69. The second kappa shape index (κ2) is 8.34. The molecule has 0 radical (unpaired) electrons. The Labute approximate surface area is 160 Å². The van der Waals surface area contributed by atoms with Crippen molar-refractivity contribution in [1.29, 1.82) is 0 Å². The first-order valence-electron chi connectivity index (χ1n) is 8.77. The summed E-state index contributed by atoms with van der Waals surface area (Å²) in [7, 11) is 3.11. The van der Waals surface area contributed by atoms with E-state index in [1.807, 2.05) is 12.1 Å². The maximum Gasteiger partial charge on any atom is 0.330 e. The summed E-state index contributed by atoms with van der Waals surface area (Å²) >= 11 is 1.38. The lowest BCUT2D eigenvalue weighted by Gasteiger charge is -2.09. The summed E-state index contributed by atoms with van der Waals surface area (Å²) in [5.74, 6) is 0.413. The largest absolute Gasteiger partial charge is 0.330 e. The topological polar surface area (TPSA) is 87.6 Å². The lowest BCUT2D eigenvalue weighted by molar-refractivity contribution is 0.664. The minimum atomic E-state index is -0.347. The fourth-order valence-corrected chi connectivity index (χ4v) is 3.58. The second-order valence-electron chi connectivity index (χ2n) is 6.31. The van der Waals surface area contributed by atoms with Crippen molar-refractivity contribution in [2.45, 2.75) is 37.1 Å². The molecule has 0 atom stereocenters. The molecule has 0 aliphatic carbocycles. The number of thioether (sulfide) groups is 1. The molecule has 2 aromatic heterocycles. The van der Waals surface area contributed by atoms with E-state index in [9.17, 15) is 9.59 Å². The van der Waals surface area contributed by atoms with Crippen LogP contribution in [-0.2, 0) is 26.3 Å². The molecule has 9 heteroatoms. The van der Waals surface area contributed by atoms with Crippen molar-refractivity contribution in [3.63, 3.8) is 0 Å². The normalized spacial score (nSPS) is 11.1. The van der Waals surface area contributed by atoms with Gasteiger partial charge >= 0.3 is 5.69 Å². The molecule has 8 nitrogen and oxygen atoms in total. The van der Waals surface area contributed by atoms with Crippen LogP contribution in [0.1, 0.15) is 31.0 Å². The zero-order valence-electron chi connectivity index (χ0n) is 15.6. The maximum atomic E-state index is 12.0. The van der Waals surface area contributed by atoms with Crippen LogP contribution in [0.3, 0.4) is 0 Å². The van der Waals surface area contributed by atoms with Crippen molar-refractivity contribution in [1.82, 2.24) is 29.3 Å². The first-order chi connectivity index (χ1) is 13.0. The third-order valence-corrected chi connectivity index (χ3v) is 5.37. The number of nitrogens with zero attached hydrogens (tertiary/aromatic N) is 6. The first-order valence-corrected chi connectivity index (χ1v) is 9.76. The van der Waals surface area contributed by atoms with Gasteiger partial charge in [-0.05, 0) is 41.0 Å². The highest BCUT2D eigenvalue weighted by Gasteiger charge is 2.12. The number of hydrogen-bond acceptors (Lipinski definition) is 6. The monoisotopic (exact) mass is 386 g/mol. The average Bonchev–Trinajstić information content (AvgIpc) is 3.15. The van der Waals surface area contributed by atoms with Gasteiger partial charge in [0.15, 0.2) is 0 Å². The number of benzene rings is 1. The van der Waals surface area contributed by atoms with Crippen LogP contribution in [0.2, 0.25) is 0 Å². The van der Waals surface area contributed by atoms with Gasteiger partial charge in [0.2, 0.25) is 5.16 Å². The highest BCUT2D eigenvalue weighted by molar-refractivity contribution is 7.98. The summed E-state index contributed by atoms with van der Waals surface area (Å²) in [5.41, 5.74) is 2.12. The molecule has 27 heavy (non-hydrogen) atoms. The number of aromatic nitrogens is 6. The van der Waals surface area contributed by atoms with Gasteiger partial charge in [0.1, 0.15) is 0 Å². The minimum absolute atomic E-state index is 0.323. The van der Waals surface area contributed by atoms with Gasteiger partial charge in [0.05, 0.1) is 5.69 Å². The quantitative estimate of drug-likeness (QED) is 0.574. The van der Waals surface area contributed by atoms with Crippen molar-refractivity contribution in [2.75, 3.05) is 0 Å². The molecular formula is C18H22N6O2S. The fourth-order valence-electron chi connectivity index (χ4n) is 2.67. The summed E-state index contributed by atoms with van der Waals surface area (Å²) in [6.45, 7) is 2.18. The molecule has 0 N–H and O–H groups in total. The van der Waals surface area contributed by atoms with Crippen LogP contribution >= 0.6 is 11.8 Å². The van der Waals surface area contributed by atoms with E-state index < -0.39 is 0 Å². The summed E-state index contributed by atoms with van der Waals surface area (Å²) in [4.78, 5) is 23.9. The van der Waals surface area contributed by atoms with Gasteiger partial charge in [-0.2, -0.15) is 4.68 Å². The molecule has 0 aliphatic heterocycles. The number of tetrazole rings is 1. The van der Waals surface area contributed by atoms with Crippen molar-refractivity contribution >= 4 is 11.8 Å². The van der Waals surface area contributed by atoms with E-state index >= 15 is 0 Å². The van der Waals surface area contributed by atoms with Crippen molar-refractivity contribution in [2.24, 2.45) is 14.1 Å². The molecule has 1 aromatic carbocycles. The van der Waals surface area contributed by atoms with Crippen LogP contribution in [0.5, 0.6) is 0 Å². The molecule has 3 rings (SSSR count). The Kier molecular flexibility index (Phi) is 5.90. The van der Waals surface area contributed by atoms with Crippen LogP contribution in [0.25, 0.3) is 5.69 Å². The van der Waals surface area contributed by atoms with Crippen LogP contribution in [0.15, 0.2) is 45.1 Å². The van der Waals surface area contributed by atoms with E-state index in [2.05, 4.69) is 34.6 Å². The van der Waals surface area contributed by atoms with Gasteiger partial charge in [-0.3, -0.25) is 13.9 Å². The molecule has 0 spiro atoms. The second-order valence-corrected chi connectivity index (χ2v) is 7.25. The van der Waals surface area contributed by atoms with E-state index in [1.165, 1.54) is 47.8 Å². The molecule has 142 valence electrons. The summed E-state index contributed by atoms with van der Waals surface area (Å²) in [6, 6.07) is 9.64. The summed E-state index contributed by atoms with van der Waals surface area (Å²) < 4.78 is 4.21. The molecular weight excluding hydrogens is 364 g/mol. The van der Waals surface area contributed by atoms with E-state index in [-0.39, 0.29) is 11.2 Å². The SMILES string of the molecule is CCCCc1ccc(-n2nnnc2SCc2cc(=O)n(C)c(=O)n2C)cc1. The smallest absolute Gasteiger partial charge is 0.300 e. The Morgan fingerprint density at radius 1 is 1.07 bits per heavy atom. The van der Waals surface area contributed by atoms with Crippen LogP contribution < -0.4 is 11.2 Å². The lowest BCUT2D eigenvalue weighted by Crippen LogP contribution is -2.37. The minimum Gasteiger partial charge on any atom is -0.300 e. The van der Waals surface area contributed by atoms with Gasteiger partial charge in [-0.15, -0.1) is 5.10 Å². The van der Waals surface area contributed by atoms with Crippen LogP contribution in [-0.4, -0.2) is 29.3 Å². The number of unbranched alkanes of at least 4 members (excludes halogenated alkanes) is 1. The van der Waals surface area contributed by atoms with Crippen molar-refractivity contribution in [3.05, 3.63) is 62.4 Å². The van der Waals surface area contributed by atoms with Gasteiger partial charge in [0.25, 0.3) is 5.56 Å². The Balaban J connectivity index is 1.78. The highest BCUT2D eigenvalue weighted by atomic mass is 32.2. The lowest BCUT2D eigenvalue weighted by atomic mass is 10.1. The molecule has 0 bridgehead atoms. The third kappa shape index (κ3) is 4.19. The first kappa shape index (κ1) is 19.1. The van der Waals surface area contributed by atoms with Gasteiger partial charge in [-0.1, -0.05) is 37.2 Å². The van der Waals surface area contributed by atoms with E-state index in [4.69, 9.17) is 0 Å². The molecule has 0 saturated carbocycles. The summed E-state index contributed by atoms with van der Waals surface area (Å²) in [6.07, 6.45) is 3.40. The predicted molar refractivity (Wildman–Crippen MR) is 104 cm³/mol. The molecule has 3 aromatic rings. The van der Waals surface area contributed by atoms with Crippen LogP contribution in [0, 0.1) is 0 Å². The van der Waals surface area contributed by atoms with E-state index in [0.29, 0.717) is 16.6 Å². The molecule has 0 amide bonds. The fraction of sp³-hybridized carbons (Fsp3) is 0.389. The third-order valence-electron chi connectivity index (χ3n) is 4.42. The van der Waals surface area contributed by atoms with Crippen molar-refractivity contribution < 1.29 is 0 Å². The Morgan fingerprint density at radius 2 is 1.81 bits per heavy atom. The Bertz CT molecular complexity index is 1040. The molecule has 0 saturated heterocycles. The molecule has 0 fully saturated rings. The highest BCUT2D eigenvalue weighted by Crippen LogP contribution is 2.22. The van der Waals surface area contributed by atoms with Crippen molar-refractivity contribution in [3.8, 4) is 5.69 Å². The van der Waals surface area contributed by atoms with Gasteiger partial charge in [0, 0.05) is 31.6 Å². The van der Waals surface area contributed by atoms with E-state index in [0.717, 1.165) is 16.7 Å². The van der Waals surface area contributed by atoms with E-state index in [1.54, 1.807) is 11.7 Å². The standard InChI is InChI=1S/C18H22N6O2S/c1-4-5-6-13-7-9-14(10-8-13)24-17(19-20-21-24)27-12-15-11-16(25)23(3)18(26)22(15)2/h7-11H,4-6,12H2,1-3H3. The number of rotatable bonds is 7. The van der Waals surface area contributed by atoms with Gasteiger partial charge < -0.3 is 0 Å². The Hall–Kier alpha value is -2.68. The zero-order chi connectivity index (χ0) is 19.4. The Morgan fingerprint density at radius 3 is 2.52 bits per heavy atom. The maximum absolute atomic E-state index is 12.0. The number of aryl methyl sites for hydroxylation is 1. The van der Waals surface area contributed by atoms with Crippen LogP contribution in [0.4, 0.5) is 0 Å². The zero-order valence-corrected chi connectivity index (χ0v) is 16.4. The number of hydrogen-bond donors (Lipinski definition) is 0. The molecule has 2 heterocycles. The molecule has 0 aliphatic rings. The summed E-state index contributed by atoms with van der Waals surface area (Å²) in [5, 5.41) is 12.5. The average molecular weight is 386 g/mol.